The Morgan fingerprint density at radius 2 is 2.14 bits per heavy atom. The molecule has 2 aliphatic rings. The molecular formula is C11H20FNO. The molecule has 0 aromatic rings. The van der Waals surface area contributed by atoms with Crippen molar-refractivity contribution in [3.05, 3.63) is 0 Å². The zero-order valence-electron chi connectivity index (χ0n) is 8.84. The Hall–Kier alpha value is -0.150. The maximum atomic E-state index is 13.3. The van der Waals surface area contributed by atoms with Gasteiger partial charge in [0.1, 0.15) is 6.17 Å². The molecule has 0 aromatic heterocycles. The van der Waals surface area contributed by atoms with Gasteiger partial charge in [0.15, 0.2) is 0 Å². The topological polar surface area (TPSA) is 21.3 Å². The van der Waals surface area contributed by atoms with Crippen LogP contribution >= 0.6 is 0 Å². The zero-order chi connectivity index (χ0) is 9.97. The van der Waals surface area contributed by atoms with E-state index in [1.54, 1.807) is 0 Å². The van der Waals surface area contributed by atoms with Gasteiger partial charge in [-0.3, -0.25) is 0 Å². The molecule has 1 heterocycles. The van der Waals surface area contributed by atoms with Gasteiger partial charge < -0.3 is 10.1 Å². The van der Waals surface area contributed by atoms with E-state index in [1.165, 1.54) is 0 Å². The van der Waals surface area contributed by atoms with Crippen LogP contribution in [0, 0.1) is 0 Å². The van der Waals surface area contributed by atoms with Crippen LogP contribution in [-0.2, 0) is 4.74 Å². The molecule has 2 unspecified atom stereocenters. The van der Waals surface area contributed by atoms with E-state index in [4.69, 9.17) is 4.74 Å². The summed E-state index contributed by atoms with van der Waals surface area (Å²) in [7, 11) is 0. The quantitative estimate of drug-likeness (QED) is 0.754. The Kier molecular flexibility index (Phi) is 3.39. The highest BCUT2D eigenvalue weighted by Crippen LogP contribution is 2.24. The summed E-state index contributed by atoms with van der Waals surface area (Å²) in [5.41, 5.74) is 0. The number of ether oxygens (including phenoxy) is 1. The Balaban J connectivity index is 1.78. The van der Waals surface area contributed by atoms with Gasteiger partial charge >= 0.3 is 0 Å². The molecule has 82 valence electrons. The van der Waals surface area contributed by atoms with Crippen molar-refractivity contribution < 1.29 is 9.13 Å². The summed E-state index contributed by atoms with van der Waals surface area (Å²) < 4.78 is 18.9. The molecule has 14 heavy (non-hydrogen) atoms. The molecule has 2 nitrogen and oxygen atoms in total. The molecule has 1 aliphatic carbocycles. The number of hydrogen-bond acceptors (Lipinski definition) is 2. The van der Waals surface area contributed by atoms with Crippen molar-refractivity contribution in [1.82, 2.24) is 5.32 Å². The molecular weight excluding hydrogens is 181 g/mol. The van der Waals surface area contributed by atoms with Crippen molar-refractivity contribution in [1.29, 1.82) is 0 Å². The highest BCUT2D eigenvalue weighted by atomic mass is 19.1. The zero-order valence-corrected chi connectivity index (χ0v) is 8.84. The van der Waals surface area contributed by atoms with Gasteiger partial charge in [0.05, 0.1) is 6.10 Å². The highest BCUT2D eigenvalue weighted by molar-refractivity contribution is 4.87. The second-order valence-electron chi connectivity index (χ2n) is 4.56. The molecule has 1 saturated heterocycles. The fraction of sp³-hybridized carbons (Fsp3) is 1.00. The number of rotatable bonds is 3. The summed E-state index contributed by atoms with van der Waals surface area (Å²) >= 11 is 0. The SMILES string of the molecule is CC(N[C@@H]1CCC[C@@H]1F)C1CCCO1. The predicted octanol–water partition coefficient (Wildman–Crippen LogP) is 2.03. The summed E-state index contributed by atoms with van der Waals surface area (Å²) in [5.74, 6) is 0. The average Bonchev–Trinajstić information content (AvgIpc) is 2.77. The largest absolute Gasteiger partial charge is 0.377 e. The van der Waals surface area contributed by atoms with Crippen LogP contribution in [0.25, 0.3) is 0 Å². The first-order valence-electron chi connectivity index (χ1n) is 5.79. The summed E-state index contributed by atoms with van der Waals surface area (Å²) in [6.07, 6.45) is 4.69. The van der Waals surface area contributed by atoms with Crippen molar-refractivity contribution in [3.8, 4) is 0 Å². The van der Waals surface area contributed by atoms with Gasteiger partial charge in [-0.05, 0) is 39.0 Å². The molecule has 4 atom stereocenters. The molecule has 0 amide bonds. The molecule has 2 fully saturated rings. The molecule has 2 rings (SSSR count). The van der Waals surface area contributed by atoms with Gasteiger partial charge in [0, 0.05) is 18.7 Å². The van der Waals surface area contributed by atoms with Crippen molar-refractivity contribution in [3.63, 3.8) is 0 Å². The molecule has 3 heteroatoms. The second-order valence-corrected chi connectivity index (χ2v) is 4.56. The van der Waals surface area contributed by atoms with Crippen LogP contribution in [-0.4, -0.2) is 31.0 Å². The highest BCUT2D eigenvalue weighted by Gasteiger charge is 2.31. The van der Waals surface area contributed by atoms with Crippen LogP contribution in [0.3, 0.4) is 0 Å². The maximum Gasteiger partial charge on any atom is 0.115 e. The lowest BCUT2D eigenvalue weighted by Crippen LogP contribution is -2.45. The average molecular weight is 201 g/mol. The predicted molar refractivity (Wildman–Crippen MR) is 54.1 cm³/mol. The van der Waals surface area contributed by atoms with Crippen molar-refractivity contribution >= 4 is 0 Å². The minimum atomic E-state index is -0.640. The summed E-state index contributed by atoms with van der Waals surface area (Å²) in [6, 6.07) is 0.382. The van der Waals surface area contributed by atoms with E-state index in [2.05, 4.69) is 12.2 Å². The molecule has 0 bridgehead atoms. The molecule has 1 saturated carbocycles. The van der Waals surface area contributed by atoms with E-state index in [-0.39, 0.29) is 6.04 Å². The third-order valence-corrected chi connectivity index (χ3v) is 3.43. The summed E-state index contributed by atoms with van der Waals surface area (Å²) in [4.78, 5) is 0. The number of nitrogens with one attached hydrogen (secondary N) is 1. The van der Waals surface area contributed by atoms with E-state index < -0.39 is 6.17 Å². The molecule has 1 aliphatic heterocycles. The van der Waals surface area contributed by atoms with Crippen molar-refractivity contribution in [2.24, 2.45) is 0 Å². The smallest absolute Gasteiger partial charge is 0.115 e. The Labute approximate surface area is 85.2 Å². The van der Waals surface area contributed by atoms with Gasteiger partial charge in [0.25, 0.3) is 0 Å². The number of hydrogen-bond donors (Lipinski definition) is 1. The van der Waals surface area contributed by atoms with Gasteiger partial charge in [-0.1, -0.05) is 0 Å². The number of alkyl halides is 1. The van der Waals surface area contributed by atoms with Crippen LogP contribution in [0.5, 0.6) is 0 Å². The molecule has 0 radical (unpaired) electrons. The molecule has 0 spiro atoms. The van der Waals surface area contributed by atoms with E-state index in [9.17, 15) is 4.39 Å². The first kappa shape index (κ1) is 10.4. The third-order valence-electron chi connectivity index (χ3n) is 3.43. The molecule has 0 aromatic carbocycles. The monoisotopic (exact) mass is 201 g/mol. The van der Waals surface area contributed by atoms with Crippen LogP contribution in [0.1, 0.15) is 39.0 Å². The van der Waals surface area contributed by atoms with Crippen molar-refractivity contribution in [2.45, 2.75) is 63.4 Å². The fourth-order valence-corrected chi connectivity index (χ4v) is 2.54. The first-order valence-corrected chi connectivity index (χ1v) is 5.79. The second kappa shape index (κ2) is 4.58. The van der Waals surface area contributed by atoms with Crippen LogP contribution in [0.15, 0.2) is 0 Å². The van der Waals surface area contributed by atoms with Crippen LogP contribution in [0.2, 0.25) is 0 Å². The minimum absolute atomic E-state index is 0.0780. The lowest BCUT2D eigenvalue weighted by Gasteiger charge is -2.25. The van der Waals surface area contributed by atoms with Gasteiger partial charge in [-0.2, -0.15) is 0 Å². The fourth-order valence-electron chi connectivity index (χ4n) is 2.54. The standard InChI is InChI=1S/C11H20FNO/c1-8(11-6-3-7-14-11)13-10-5-2-4-9(10)12/h8-11,13H,2-7H2,1H3/t8?,9-,10+,11?/m0/s1. The Morgan fingerprint density at radius 3 is 2.71 bits per heavy atom. The maximum absolute atomic E-state index is 13.3. The lowest BCUT2D eigenvalue weighted by atomic mass is 10.1. The minimum Gasteiger partial charge on any atom is -0.377 e. The lowest BCUT2D eigenvalue weighted by molar-refractivity contribution is 0.0759. The van der Waals surface area contributed by atoms with E-state index >= 15 is 0 Å². The normalized spacial score (nSPS) is 40.3. The Bertz CT molecular complexity index is 182. The third kappa shape index (κ3) is 2.26. The molecule has 1 N–H and O–H groups in total. The summed E-state index contributed by atoms with van der Waals surface area (Å²) in [5, 5.41) is 3.37. The van der Waals surface area contributed by atoms with Crippen LogP contribution < -0.4 is 5.32 Å². The number of halogens is 1. The van der Waals surface area contributed by atoms with Gasteiger partial charge in [-0.15, -0.1) is 0 Å². The van der Waals surface area contributed by atoms with Gasteiger partial charge in [-0.25, -0.2) is 4.39 Å². The first-order chi connectivity index (χ1) is 6.77. The van der Waals surface area contributed by atoms with E-state index in [0.29, 0.717) is 12.1 Å². The van der Waals surface area contributed by atoms with Crippen molar-refractivity contribution in [2.75, 3.05) is 6.61 Å². The summed E-state index contributed by atoms with van der Waals surface area (Å²) in [6.45, 7) is 2.99. The van der Waals surface area contributed by atoms with Crippen LogP contribution in [0.4, 0.5) is 4.39 Å². The Morgan fingerprint density at radius 1 is 1.29 bits per heavy atom. The van der Waals surface area contributed by atoms with E-state index in [0.717, 1.165) is 38.7 Å². The van der Waals surface area contributed by atoms with E-state index in [1.807, 2.05) is 0 Å². The van der Waals surface area contributed by atoms with Gasteiger partial charge in [0.2, 0.25) is 0 Å².